The summed E-state index contributed by atoms with van der Waals surface area (Å²) in [7, 11) is -3.25. The number of ether oxygens (including phenoxy) is 1. The van der Waals surface area contributed by atoms with Gasteiger partial charge in [0, 0.05) is 19.1 Å². The first-order chi connectivity index (χ1) is 11.0. The van der Waals surface area contributed by atoms with E-state index in [0.717, 1.165) is 18.4 Å². The number of amides is 1. The summed E-state index contributed by atoms with van der Waals surface area (Å²) in [6, 6.07) is 9.63. The summed E-state index contributed by atoms with van der Waals surface area (Å²) in [6.45, 7) is 1.08. The highest BCUT2D eigenvalue weighted by atomic mass is 32.2. The molecular weight excluding hydrogens is 316 g/mol. The van der Waals surface area contributed by atoms with Crippen molar-refractivity contribution in [2.45, 2.75) is 43.6 Å². The Kier molecular flexibility index (Phi) is 4.87. The van der Waals surface area contributed by atoms with Gasteiger partial charge in [0.05, 0.1) is 5.25 Å². The number of hydrogen-bond acceptors (Lipinski definition) is 4. The lowest BCUT2D eigenvalue weighted by atomic mass is 10.1. The molecule has 1 saturated heterocycles. The summed E-state index contributed by atoms with van der Waals surface area (Å²) in [5.41, 5.74) is 0.937. The van der Waals surface area contributed by atoms with Gasteiger partial charge in [-0.1, -0.05) is 30.3 Å². The van der Waals surface area contributed by atoms with E-state index in [0.29, 0.717) is 25.9 Å². The molecule has 0 aromatic heterocycles. The van der Waals surface area contributed by atoms with Gasteiger partial charge in [0.25, 0.3) is 0 Å². The summed E-state index contributed by atoms with van der Waals surface area (Å²) >= 11 is 0. The van der Waals surface area contributed by atoms with E-state index in [4.69, 9.17) is 4.74 Å². The first-order valence-electron chi connectivity index (χ1n) is 8.01. The third-order valence-electron chi connectivity index (χ3n) is 4.25. The normalized spacial score (nSPS) is 19.6. The molecule has 1 aromatic carbocycles. The molecule has 0 unspecified atom stereocenters. The topological polar surface area (TPSA) is 75.7 Å². The van der Waals surface area contributed by atoms with Crippen LogP contribution in [0, 0.1) is 0 Å². The Morgan fingerprint density at radius 1 is 1.13 bits per heavy atom. The minimum absolute atomic E-state index is 0.133. The molecule has 0 spiro atoms. The number of carbonyl (C=O) groups is 1. The van der Waals surface area contributed by atoms with E-state index in [1.807, 2.05) is 30.3 Å². The van der Waals surface area contributed by atoms with Gasteiger partial charge in [-0.3, -0.25) is 0 Å². The van der Waals surface area contributed by atoms with Gasteiger partial charge in [-0.2, -0.15) is 0 Å². The molecule has 2 aliphatic rings. The molecule has 1 saturated carbocycles. The third-order valence-corrected chi connectivity index (χ3v) is 6.26. The fourth-order valence-electron chi connectivity index (χ4n) is 2.69. The molecule has 7 heteroatoms. The van der Waals surface area contributed by atoms with Crippen LogP contribution < -0.4 is 4.72 Å². The van der Waals surface area contributed by atoms with Crippen molar-refractivity contribution in [3.05, 3.63) is 35.9 Å². The lowest BCUT2D eigenvalue weighted by molar-refractivity contribution is 0.0897. The fraction of sp³-hybridized carbons (Fsp3) is 0.562. The van der Waals surface area contributed by atoms with Gasteiger partial charge in [-0.05, 0) is 31.2 Å². The van der Waals surface area contributed by atoms with E-state index in [1.165, 1.54) is 0 Å². The number of rotatable bonds is 5. The Hall–Kier alpha value is -1.60. The highest BCUT2D eigenvalue weighted by Gasteiger charge is 2.35. The van der Waals surface area contributed by atoms with Gasteiger partial charge in [0.15, 0.2) is 0 Å². The maximum atomic E-state index is 12.2. The number of nitrogens with zero attached hydrogens (tertiary/aromatic N) is 1. The van der Waals surface area contributed by atoms with Crippen LogP contribution in [0.15, 0.2) is 30.3 Å². The first kappa shape index (κ1) is 16.3. The molecule has 1 aliphatic heterocycles. The molecule has 1 amide bonds. The van der Waals surface area contributed by atoms with Crippen molar-refractivity contribution in [1.82, 2.24) is 9.62 Å². The largest absolute Gasteiger partial charge is 0.445 e. The molecular formula is C16H22N2O4S. The maximum absolute atomic E-state index is 12.2. The third kappa shape index (κ3) is 4.45. The lowest BCUT2D eigenvalue weighted by Crippen LogP contribution is -2.46. The molecule has 6 nitrogen and oxygen atoms in total. The molecule has 1 N–H and O–H groups in total. The number of piperidine rings is 1. The Morgan fingerprint density at radius 3 is 2.39 bits per heavy atom. The van der Waals surface area contributed by atoms with Gasteiger partial charge in [-0.25, -0.2) is 17.9 Å². The van der Waals surface area contributed by atoms with Crippen LogP contribution in [-0.2, 0) is 21.4 Å². The highest BCUT2D eigenvalue weighted by molar-refractivity contribution is 7.90. The predicted octanol–water partition coefficient (Wildman–Crippen LogP) is 1.87. The van der Waals surface area contributed by atoms with Crippen LogP contribution >= 0.6 is 0 Å². The number of carbonyl (C=O) groups excluding carboxylic acids is 1. The SMILES string of the molecule is O=C(OCc1ccccc1)N1CCC(S(=O)(=O)NC2CC2)CC1. The van der Waals surface area contributed by atoms with Crippen LogP contribution in [0.4, 0.5) is 4.79 Å². The Balaban J connectivity index is 1.45. The summed E-state index contributed by atoms with van der Waals surface area (Å²) in [6.07, 6.45) is 2.42. The van der Waals surface area contributed by atoms with E-state index >= 15 is 0 Å². The van der Waals surface area contributed by atoms with Crippen LogP contribution in [0.5, 0.6) is 0 Å². The van der Waals surface area contributed by atoms with Crippen LogP contribution in [-0.4, -0.2) is 43.8 Å². The minimum Gasteiger partial charge on any atom is -0.445 e. The lowest BCUT2D eigenvalue weighted by Gasteiger charge is -2.31. The molecule has 1 heterocycles. The average molecular weight is 338 g/mol. The Bertz CT molecular complexity index is 635. The first-order valence-corrected chi connectivity index (χ1v) is 9.56. The summed E-state index contributed by atoms with van der Waals surface area (Å²) in [4.78, 5) is 13.6. The van der Waals surface area contributed by atoms with Crippen molar-refractivity contribution in [3.8, 4) is 0 Å². The Labute approximate surface area is 136 Å². The van der Waals surface area contributed by atoms with Crippen molar-refractivity contribution in [1.29, 1.82) is 0 Å². The number of nitrogens with one attached hydrogen (secondary N) is 1. The van der Waals surface area contributed by atoms with Gasteiger partial charge < -0.3 is 9.64 Å². The zero-order valence-electron chi connectivity index (χ0n) is 13.0. The standard InChI is InChI=1S/C16H22N2O4S/c19-16(22-12-13-4-2-1-3-5-13)18-10-8-15(9-11-18)23(20,21)17-14-6-7-14/h1-5,14-15,17H,6-12H2. The second-order valence-corrected chi connectivity index (χ2v) is 8.16. The van der Waals surface area contributed by atoms with Gasteiger partial charge >= 0.3 is 6.09 Å². The molecule has 1 aliphatic carbocycles. The van der Waals surface area contributed by atoms with Gasteiger partial charge in [0.2, 0.25) is 10.0 Å². The summed E-state index contributed by atoms with van der Waals surface area (Å²) in [5.74, 6) is 0. The minimum atomic E-state index is -3.25. The summed E-state index contributed by atoms with van der Waals surface area (Å²) in [5, 5.41) is -0.402. The van der Waals surface area contributed by atoms with Crippen molar-refractivity contribution >= 4 is 16.1 Å². The number of benzene rings is 1. The smallest absolute Gasteiger partial charge is 0.410 e. The zero-order valence-corrected chi connectivity index (χ0v) is 13.8. The van der Waals surface area contributed by atoms with E-state index in [2.05, 4.69) is 4.72 Å². The molecule has 23 heavy (non-hydrogen) atoms. The van der Waals surface area contributed by atoms with E-state index in [1.54, 1.807) is 4.90 Å². The van der Waals surface area contributed by atoms with E-state index < -0.39 is 15.3 Å². The second-order valence-electron chi connectivity index (χ2n) is 6.16. The molecule has 2 fully saturated rings. The van der Waals surface area contributed by atoms with Gasteiger partial charge in [0.1, 0.15) is 6.61 Å². The van der Waals surface area contributed by atoms with Crippen molar-refractivity contribution in [3.63, 3.8) is 0 Å². The van der Waals surface area contributed by atoms with E-state index in [-0.39, 0.29) is 18.7 Å². The van der Waals surface area contributed by atoms with Crippen LogP contribution in [0.3, 0.4) is 0 Å². The van der Waals surface area contributed by atoms with Crippen LogP contribution in [0.2, 0.25) is 0 Å². The second kappa shape index (κ2) is 6.88. The predicted molar refractivity (Wildman–Crippen MR) is 86.3 cm³/mol. The monoisotopic (exact) mass is 338 g/mol. The maximum Gasteiger partial charge on any atom is 0.410 e. The number of likely N-dealkylation sites (tertiary alicyclic amines) is 1. The van der Waals surface area contributed by atoms with E-state index in [9.17, 15) is 13.2 Å². The zero-order chi connectivity index (χ0) is 16.3. The van der Waals surface area contributed by atoms with Crippen LogP contribution in [0.1, 0.15) is 31.2 Å². The van der Waals surface area contributed by atoms with Crippen molar-refractivity contribution in [2.24, 2.45) is 0 Å². The average Bonchev–Trinajstić information content (AvgIpc) is 3.37. The van der Waals surface area contributed by atoms with Crippen molar-refractivity contribution in [2.75, 3.05) is 13.1 Å². The molecule has 0 bridgehead atoms. The molecule has 1 aromatic rings. The molecule has 0 radical (unpaired) electrons. The number of sulfonamides is 1. The van der Waals surface area contributed by atoms with Gasteiger partial charge in [-0.15, -0.1) is 0 Å². The van der Waals surface area contributed by atoms with Crippen LogP contribution in [0.25, 0.3) is 0 Å². The highest BCUT2D eigenvalue weighted by Crippen LogP contribution is 2.24. The molecule has 0 atom stereocenters. The number of hydrogen-bond donors (Lipinski definition) is 1. The molecule has 3 rings (SSSR count). The Morgan fingerprint density at radius 2 is 1.78 bits per heavy atom. The van der Waals surface area contributed by atoms with Crippen molar-refractivity contribution < 1.29 is 17.9 Å². The quantitative estimate of drug-likeness (QED) is 0.889. The fourth-order valence-corrected chi connectivity index (χ4v) is 4.41. The summed E-state index contributed by atoms with van der Waals surface area (Å²) < 4.78 is 32.4. The molecule has 126 valence electrons.